The molecule has 10 nitrogen and oxygen atoms in total. The molecule has 0 saturated heterocycles. The molecule has 206 valence electrons. The number of aliphatic hydroxyl groups excluding tert-OH is 1. The van der Waals surface area contributed by atoms with Crippen molar-refractivity contribution in [1.82, 2.24) is 14.9 Å². The molecule has 0 aliphatic rings. The Morgan fingerprint density at radius 3 is 2.59 bits per heavy atom. The van der Waals surface area contributed by atoms with Crippen LogP contribution in [0.4, 0.5) is 10.5 Å². The number of sulfonamides is 1. The van der Waals surface area contributed by atoms with Crippen molar-refractivity contribution < 1.29 is 28.2 Å². The lowest BCUT2D eigenvalue weighted by atomic mass is 9.99. The van der Waals surface area contributed by atoms with Gasteiger partial charge >= 0.3 is 6.16 Å². The first kappa shape index (κ1) is 28.4. The van der Waals surface area contributed by atoms with Crippen LogP contribution in [0.15, 0.2) is 78.0 Å². The molecule has 1 aromatic heterocycles. The van der Waals surface area contributed by atoms with Crippen LogP contribution in [-0.2, 0) is 16.6 Å². The van der Waals surface area contributed by atoms with Gasteiger partial charge in [-0.05, 0) is 62.2 Å². The van der Waals surface area contributed by atoms with E-state index in [0.29, 0.717) is 35.2 Å². The number of halogens is 1. The first-order valence-electron chi connectivity index (χ1n) is 12.1. The summed E-state index contributed by atoms with van der Waals surface area (Å²) in [6.07, 6.45) is -0.0776. The van der Waals surface area contributed by atoms with Crippen molar-refractivity contribution in [2.45, 2.75) is 43.4 Å². The van der Waals surface area contributed by atoms with Gasteiger partial charge in [-0.15, -0.1) is 0 Å². The summed E-state index contributed by atoms with van der Waals surface area (Å²) in [4.78, 5) is 15.4. The fraction of sp³-hybridized carbons (Fsp3) is 0.259. The smallest absolute Gasteiger partial charge is 0.449 e. The number of ether oxygens (including phenoxy) is 1. The highest BCUT2D eigenvalue weighted by Crippen LogP contribution is 2.33. The summed E-state index contributed by atoms with van der Waals surface area (Å²) >= 11 is 6.40. The SMILES string of the molecule is CC(C)(CCn1cnc2ccc(OC(=O)O)c(Cl)c21)NC[C@H](O)c1cccc(NS(=O)(=O)c2ccccc2)c1. The van der Waals surface area contributed by atoms with Crippen LogP contribution in [0.3, 0.4) is 0 Å². The van der Waals surface area contributed by atoms with Crippen molar-refractivity contribution in [3.05, 3.63) is 83.6 Å². The molecule has 0 aliphatic heterocycles. The molecule has 0 aliphatic carbocycles. The van der Waals surface area contributed by atoms with Gasteiger partial charge in [0.05, 0.1) is 28.4 Å². The molecule has 39 heavy (non-hydrogen) atoms. The van der Waals surface area contributed by atoms with Crippen molar-refractivity contribution >= 4 is 44.5 Å². The number of rotatable bonds is 11. The van der Waals surface area contributed by atoms with E-state index in [1.54, 1.807) is 54.9 Å². The van der Waals surface area contributed by atoms with Crippen LogP contribution in [0.2, 0.25) is 5.02 Å². The topological polar surface area (TPSA) is 143 Å². The van der Waals surface area contributed by atoms with Crippen LogP contribution in [0, 0.1) is 0 Å². The van der Waals surface area contributed by atoms with E-state index in [1.165, 1.54) is 18.2 Å². The summed E-state index contributed by atoms with van der Waals surface area (Å²) < 4.78 is 34.4. The summed E-state index contributed by atoms with van der Waals surface area (Å²) in [5.74, 6) is 0.0345. The number of carboxylic acid groups (broad SMARTS) is 1. The minimum Gasteiger partial charge on any atom is -0.449 e. The molecular weight excluding hydrogens is 544 g/mol. The molecule has 3 aromatic carbocycles. The van der Waals surface area contributed by atoms with Crippen molar-refractivity contribution in [3.8, 4) is 5.75 Å². The molecule has 4 rings (SSSR count). The van der Waals surface area contributed by atoms with E-state index in [2.05, 4.69) is 15.0 Å². The fourth-order valence-corrected chi connectivity index (χ4v) is 5.43. The summed E-state index contributed by atoms with van der Waals surface area (Å²) in [7, 11) is -3.75. The third-order valence-electron chi connectivity index (χ3n) is 6.21. The number of aliphatic hydroxyl groups is 1. The van der Waals surface area contributed by atoms with Crippen LogP contribution in [0.1, 0.15) is 31.9 Å². The molecule has 0 unspecified atom stereocenters. The van der Waals surface area contributed by atoms with Gasteiger partial charge in [-0.2, -0.15) is 0 Å². The Morgan fingerprint density at radius 1 is 1.13 bits per heavy atom. The van der Waals surface area contributed by atoms with Gasteiger partial charge in [0, 0.05) is 24.3 Å². The van der Waals surface area contributed by atoms with E-state index in [-0.39, 0.29) is 22.2 Å². The maximum Gasteiger partial charge on any atom is 0.511 e. The average Bonchev–Trinajstić information content (AvgIpc) is 3.32. The minimum atomic E-state index is -3.75. The Kier molecular flexibility index (Phi) is 8.45. The second-order valence-corrected chi connectivity index (χ2v) is 11.7. The highest BCUT2D eigenvalue weighted by Gasteiger charge is 2.22. The zero-order valence-corrected chi connectivity index (χ0v) is 22.9. The Balaban J connectivity index is 1.38. The quantitative estimate of drug-likeness (QED) is 0.145. The lowest BCUT2D eigenvalue weighted by molar-refractivity contribution is 0.144. The van der Waals surface area contributed by atoms with Gasteiger partial charge in [-0.3, -0.25) is 4.72 Å². The normalized spacial score (nSPS) is 12.8. The first-order chi connectivity index (χ1) is 18.4. The number of hydrogen-bond acceptors (Lipinski definition) is 7. The van der Waals surface area contributed by atoms with E-state index < -0.39 is 27.8 Å². The molecule has 0 saturated carbocycles. The van der Waals surface area contributed by atoms with Crippen LogP contribution in [0.25, 0.3) is 11.0 Å². The summed E-state index contributed by atoms with van der Waals surface area (Å²) in [5, 5.41) is 23.3. The second kappa shape index (κ2) is 11.6. The molecule has 4 aromatic rings. The van der Waals surface area contributed by atoms with Crippen molar-refractivity contribution in [1.29, 1.82) is 0 Å². The Bertz CT molecular complexity index is 1570. The zero-order chi connectivity index (χ0) is 28.2. The number of hydrogen-bond donors (Lipinski definition) is 4. The molecule has 12 heteroatoms. The highest BCUT2D eigenvalue weighted by molar-refractivity contribution is 7.92. The molecule has 0 fully saturated rings. The predicted octanol–water partition coefficient (Wildman–Crippen LogP) is 5.04. The number of nitrogens with zero attached hydrogens (tertiary/aromatic N) is 2. The number of carbonyl (C=O) groups is 1. The van der Waals surface area contributed by atoms with Crippen molar-refractivity contribution in [2.75, 3.05) is 11.3 Å². The number of aromatic nitrogens is 2. The third-order valence-corrected chi connectivity index (χ3v) is 7.97. The first-order valence-corrected chi connectivity index (χ1v) is 14.0. The molecule has 0 radical (unpaired) electrons. The number of β-amino-alcohol motifs (C(OH)–C–C–N with tert-alkyl or cyclic N) is 1. The number of benzene rings is 3. The number of nitrogens with one attached hydrogen (secondary N) is 2. The summed E-state index contributed by atoms with van der Waals surface area (Å²) in [6, 6.07) is 17.8. The highest BCUT2D eigenvalue weighted by atomic mass is 35.5. The lowest BCUT2D eigenvalue weighted by Crippen LogP contribution is -2.42. The van der Waals surface area contributed by atoms with Gasteiger partial charge in [-0.1, -0.05) is 41.9 Å². The van der Waals surface area contributed by atoms with E-state index in [9.17, 15) is 18.3 Å². The number of fused-ring (bicyclic) bond motifs is 1. The lowest BCUT2D eigenvalue weighted by Gasteiger charge is -2.28. The van der Waals surface area contributed by atoms with Crippen molar-refractivity contribution in [3.63, 3.8) is 0 Å². The Labute approximate surface area is 231 Å². The monoisotopic (exact) mass is 572 g/mol. The van der Waals surface area contributed by atoms with Crippen LogP contribution >= 0.6 is 11.6 Å². The van der Waals surface area contributed by atoms with E-state index in [1.807, 2.05) is 18.4 Å². The minimum absolute atomic E-state index is 0.0345. The van der Waals surface area contributed by atoms with Crippen LogP contribution in [-0.4, -0.2) is 46.4 Å². The molecule has 0 spiro atoms. The van der Waals surface area contributed by atoms with Gasteiger partial charge < -0.3 is 24.8 Å². The van der Waals surface area contributed by atoms with E-state index >= 15 is 0 Å². The van der Waals surface area contributed by atoms with Gasteiger partial charge in [0.25, 0.3) is 10.0 Å². The predicted molar refractivity (Wildman–Crippen MR) is 149 cm³/mol. The van der Waals surface area contributed by atoms with Gasteiger partial charge in [0.15, 0.2) is 5.75 Å². The average molecular weight is 573 g/mol. The molecule has 4 N–H and O–H groups in total. The molecular formula is C27H29ClN4O6S. The van der Waals surface area contributed by atoms with E-state index in [4.69, 9.17) is 21.4 Å². The maximum atomic E-state index is 12.6. The van der Waals surface area contributed by atoms with Gasteiger partial charge in [0.2, 0.25) is 0 Å². The fourth-order valence-electron chi connectivity index (χ4n) is 4.05. The number of anilines is 1. The molecule has 1 atom stereocenters. The Morgan fingerprint density at radius 2 is 1.87 bits per heavy atom. The molecule has 1 heterocycles. The standard InChI is InChI=1S/C27H29ClN4O6S/c1-27(2,13-14-32-17-29-21-11-12-23(38-26(34)35)24(28)25(21)32)30-16-22(33)18-7-6-8-19(15-18)31-39(36,37)20-9-4-3-5-10-20/h3-12,15,17,22,30-31,33H,13-14,16H2,1-2H3,(H,34,35)/t22-/m0/s1. The van der Waals surface area contributed by atoms with Gasteiger partial charge in [-0.25, -0.2) is 18.2 Å². The maximum absolute atomic E-state index is 12.6. The molecule has 0 amide bonds. The van der Waals surface area contributed by atoms with E-state index in [0.717, 1.165) is 0 Å². The summed E-state index contributed by atoms with van der Waals surface area (Å²) in [6.45, 7) is 4.72. The van der Waals surface area contributed by atoms with Crippen LogP contribution < -0.4 is 14.8 Å². The van der Waals surface area contributed by atoms with Crippen LogP contribution in [0.5, 0.6) is 5.75 Å². The number of imidazole rings is 1. The third kappa shape index (κ3) is 7.07. The molecule has 0 bridgehead atoms. The zero-order valence-electron chi connectivity index (χ0n) is 21.3. The Hall–Kier alpha value is -3.64. The largest absolute Gasteiger partial charge is 0.511 e. The van der Waals surface area contributed by atoms with Gasteiger partial charge in [0.1, 0.15) is 5.02 Å². The second-order valence-electron chi connectivity index (χ2n) is 9.63. The van der Waals surface area contributed by atoms with Crippen molar-refractivity contribution in [2.24, 2.45) is 0 Å². The summed E-state index contributed by atoms with van der Waals surface area (Å²) in [5.41, 5.74) is 1.68. The number of aryl methyl sites for hydroxylation is 1.